The van der Waals surface area contributed by atoms with E-state index in [2.05, 4.69) is 5.32 Å². The molecule has 1 atom stereocenters. The lowest BCUT2D eigenvalue weighted by atomic mass is 10.2. The number of hydrogen-bond donors (Lipinski definition) is 1. The van der Waals surface area contributed by atoms with Gasteiger partial charge in [-0.3, -0.25) is 9.10 Å². The summed E-state index contributed by atoms with van der Waals surface area (Å²) in [6.07, 6.45) is 1.04. The van der Waals surface area contributed by atoms with Crippen molar-refractivity contribution in [3.63, 3.8) is 0 Å². The predicted molar refractivity (Wildman–Crippen MR) is 130 cm³/mol. The Kier molecular flexibility index (Phi) is 9.64. The van der Waals surface area contributed by atoms with Crippen molar-refractivity contribution in [2.24, 2.45) is 0 Å². The molecule has 0 fully saturated rings. The number of carbonyl (C=O) groups is 1. The van der Waals surface area contributed by atoms with Gasteiger partial charge in [0.2, 0.25) is 15.9 Å². The maximum absolute atomic E-state index is 12.6. The number of nitrogens with one attached hydrogen (secondary N) is 1. The molecular weight excluding hydrogens is 503 g/mol. The Balaban J connectivity index is 1.95. The highest BCUT2D eigenvalue weighted by Gasteiger charge is 2.29. The van der Waals surface area contributed by atoms with Crippen LogP contribution in [0.2, 0.25) is 15.1 Å². The molecule has 2 aromatic carbocycles. The van der Waals surface area contributed by atoms with Gasteiger partial charge in [-0.15, -0.1) is 0 Å². The van der Waals surface area contributed by atoms with Gasteiger partial charge < -0.3 is 10.1 Å². The van der Waals surface area contributed by atoms with Gasteiger partial charge in [0.1, 0.15) is 11.8 Å². The van der Waals surface area contributed by atoms with E-state index in [9.17, 15) is 13.2 Å². The zero-order chi connectivity index (χ0) is 23.2. The van der Waals surface area contributed by atoms with E-state index in [0.717, 1.165) is 16.1 Å². The van der Waals surface area contributed by atoms with Crippen LogP contribution in [0.15, 0.2) is 36.4 Å². The lowest BCUT2D eigenvalue weighted by Gasteiger charge is -2.28. The van der Waals surface area contributed by atoms with Crippen LogP contribution in [0.25, 0.3) is 0 Å². The number of nitrogens with zero attached hydrogens (tertiary/aromatic N) is 1. The number of ether oxygens (including phenoxy) is 1. The molecule has 0 saturated carbocycles. The van der Waals surface area contributed by atoms with Crippen LogP contribution in [0.4, 0.5) is 5.69 Å². The van der Waals surface area contributed by atoms with Crippen molar-refractivity contribution in [2.75, 3.05) is 30.0 Å². The third-order valence-electron chi connectivity index (χ3n) is 4.28. The number of thioether (sulfide) groups is 1. The molecule has 0 unspecified atom stereocenters. The monoisotopic (exact) mass is 524 g/mol. The summed E-state index contributed by atoms with van der Waals surface area (Å²) in [5.41, 5.74) is 1.31. The lowest BCUT2D eigenvalue weighted by molar-refractivity contribution is -0.121. The van der Waals surface area contributed by atoms with Gasteiger partial charge >= 0.3 is 0 Å². The van der Waals surface area contributed by atoms with Crippen LogP contribution in [0.1, 0.15) is 12.5 Å². The second-order valence-electron chi connectivity index (χ2n) is 6.65. The number of anilines is 1. The molecular formula is C20H23Cl3N2O4S2. The fourth-order valence-corrected chi connectivity index (χ4v) is 5.36. The summed E-state index contributed by atoms with van der Waals surface area (Å²) in [4.78, 5) is 12.6. The van der Waals surface area contributed by atoms with Crippen LogP contribution in [0.3, 0.4) is 0 Å². The Morgan fingerprint density at radius 3 is 2.42 bits per heavy atom. The van der Waals surface area contributed by atoms with Crippen LogP contribution in [-0.2, 0) is 20.6 Å². The molecule has 0 bridgehead atoms. The Hall–Kier alpha value is -1.32. The van der Waals surface area contributed by atoms with Crippen molar-refractivity contribution >= 4 is 68.2 Å². The topological polar surface area (TPSA) is 75.7 Å². The summed E-state index contributed by atoms with van der Waals surface area (Å²) in [6, 6.07) is 9.04. The minimum atomic E-state index is -3.73. The SMILES string of the molecule is COc1ccc(N([C@@H](C)C(=O)NCCSCc2ccc(Cl)c(Cl)c2)S(C)(=O)=O)cc1Cl. The van der Waals surface area contributed by atoms with E-state index < -0.39 is 22.0 Å². The Labute approximate surface area is 202 Å². The van der Waals surface area contributed by atoms with E-state index in [1.54, 1.807) is 30.0 Å². The highest BCUT2D eigenvalue weighted by molar-refractivity contribution is 7.98. The summed E-state index contributed by atoms with van der Waals surface area (Å²) in [6.45, 7) is 1.91. The van der Waals surface area contributed by atoms with Crippen molar-refractivity contribution in [2.45, 2.75) is 18.7 Å². The van der Waals surface area contributed by atoms with Gasteiger partial charge in [-0.1, -0.05) is 40.9 Å². The van der Waals surface area contributed by atoms with Crippen LogP contribution in [-0.4, -0.2) is 46.0 Å². The molecule has 6 nitrogen and oxygen atoms in total. The Bertz CT molecular complexity index is 1040. The average Bonchev–Trinajstić information content (AvgIpc) is 2.69. The number of hydrogen-bond acceptors (Lipinski definition) is 5. The lowest BCUT2D eigenvalue weighted by Crippen LogP contribution is -2.48. The number of sulfonamides is 1. The summed E-state index contributed by atoms with van der Waals surface area (Å²) in [7, 11) is -2.27. The van der Waals surface area contributed by atoms with Crippen LogP contribution < -0.4 is 14.4 Å². The first-order valence-electron chi connectivity index (χ1n) is 9.17. The van der Waals surface area contributed by atoms with Crippen molar-refractivity contribution in [1.29, 1.82) is 0 Å². The second-order valence-corrected chi connectivity index (χ2v) is 10.8. The van der Waals surface area contributed by atoms with E-state index in [0.29, 0.717) is 33.8 Å². The highest BCUT2D eigenvalue weighted by Crippen LogP contribution is 2.31. The molecule has 0 radical (unpaired) electrons. The van der Waals surface area contributed by atoms with Crippen LogP contribution in [0.5, 0.6) is 5.75 Å². The second kappa shape index (κ2) is 11.5. The maximum Gasteiger partial charge on any atom is 0.243 e. The fourth-order valence-electron chi connectivity index (χ4n) is 2.81. The molecule has 0 spiro atoms. The van der Waals surface area contributed by atoms with Crippen LogP contribution >= 0.6 is 46.6 Å². The van der Waals surface area contributed by atoms with E-state index in [-0.39, 0.29) is 10.7 Å². The summed E-state index contributed by atoms with van der Waals surface area (Å²) >= 11 is 19.7. The van der Waals surface area contributed by atoms with Gasteiger partial charge in [0.05, 0.1) is 34.1 Å². The third kappa shape index (κ3) is 7.36. The maximum atomic E-state index is 12.6. The number of rotatable bonds is 10. The molecule has 0 aliphatic carbocycles. The van der Waals surface area contributed by atoms with E-state index in [1.165, 1.54) is 20.1 Å². The number of amides is 1. The quantitative estimate of drug-likeness (QED) is 0.448. The summed E-state index contributed by atoms with van der Waals surface area (Å²) in [5.74, 6) is 1.36. The molecule has 0 heterocycles. The van der Waals surface area contributed by atoms with Gasteiger partial charge in [-0.2, -0.15) is 11.8 Å². The highest BCUT2D eigenvalue weighted by atomic mass is 35.5. The van der Waals surface area contributed by atoms with Gasteiger partial charge in [-0.05, 0) is 42.8 Å². The molecule has 2 rings (SSSR count). The molecule has 0 aliphatic heterocycles. The van der Waals surface area contributed by atoms with E-state index in [4.69, 9.17) is 39.5 Å². The molecule has 31 heavy (non-hydrogen) atoms. The first-order valence-corrected chi connectivity index (χ1v) is 13.3. The van der Waals surface area contributed by atoms with E-state index >= 15 is 0 Å². The number of benzene rings is 2. The first kappa shape index (κ1) is 25.9. The van der Waals surface area contributed by atoms with Crippen molar-refractivity contribution in [3.05, 3.63) is 57.0 Å². The molecule has 1 N–H and O–H groups in total. The minimum Gasteiger partial charge on any atom is -0.495 e. The Morgan fingerprint density at radius 1 is 1.13 bits per heavy atom. The Morgan fingerprint density at radius 2 is 1.84 bits per heavy atom. The predicted octanol–water partition coefficient (Wildman–Crippen LogP) is 4.86. The zero-order valence-corrected chi connectivity index (χ0v) is 21.1. The molecule has 11 heteroatoms. The first-order chi connectivity index (χ1) is 14.5. The smallest absolute Gasteiger partial charge is 0.243 e. The van der Waals surface area contributed by atoms with E-state index in [1.807, 2.05) is 12.1 Å². The number of halogens is 3. The zero-order valence-electron chi connectivity index (χ0n) is 17.2. The molecule has 0 saturated heterocycles. The van der Waals surface area contributed by atoms with Gasteiger partial charge in [0.15, 0.2) is 0 Å². The normalized spacial score (nSPS) is 12.3. The summed E-state index contributed by atoms with van der Waals surface area (Å²) in [5, 5.41) is 4.03. The standard InChI is InChI=1S/C20H23Cl3N2O4S2/c1-13(25(31(3,27)28)15-5-7-19(29-2)18(23)11-15)20(26)24-8-9-30-12-14-4-6-16(21)17(22)10-14/h4-7,10-11,13H,8-9,12H2,1-3H3,(H,24,26)/t13-/m0/s1. The molecule has 0 aliphatic rings. The van der Waals surface area contributed by atoms with Gasteiger partial charge in [0, 0.05) is 18.1 Å². The van der Waals surface area contributed by atoms with Crippen molar-refractivity contribution in [1.82, 2.24) is 5.32 Å². The van der Waals surface area contributed by atoms with Crippen LogP contribution in [0, 0.1) is 0 Å². The molecule has 2 aromatic rings. The fraction of sp³-hybridized carbons (Fsp3) is 0.350. The van der Waals surface area contributed by atoms with Crippen molar-refractivity contribution < 1.29 is 17.9 Å². The number of carbonyl (C=O) groups excluding carboxylic acids is 1. The summed E-state index contributed by atoms with van der Waals surface area (Å²) < 4.78 is 30.9. The molecule has 1 amide bonds. The third-order valence-corrected chi connectivity index (χ3v) is 7.58. The minimum absolute atomic E-state index is 0.250. The molecule has 0 aromatic heterocycles. The number of methoxy groups -OCH3 is 1. The largest absolute Gasteiger partial charge is 0.495 e. The average molecular weight is 526 g/mol. The van der Waals surface area contributed by atoms with Crippen molar-refractivity contribution in [3.8, 4) is 5.75 Å². The molecule has 170 valence electrons. The van der Waals surface area contributed by atoms with Gasteiger partial charge in [0.25, 0.3) is 0 Å². The van der Waals surface area contributed by atoms with Gasteiger partial charge in [-0.25, -0.2) is 8.42 Å².